The normalized spacial score (nSPS) is 10.9. The van der Waals surface area contributed by atoms with E-state index in [1.807, 2.05) is 0 Å². The number of aromatic nitrogens is 1. The van der Waals surface area contributed by atoms with Gasteiger partial charge in [0.05, 0.1) is 0 Å². The van der Waals surface area contributed by atoms with Crippen molar-refractivity contribution in [2.45, 2.75) is 6.92 Å². The van der Waals surface area contributed by atoms with Gasteiger partial charge in [0.2, 0.25) is 0 Å². The molecule has 3 rings (SSSR count). The SMILES string of the molecule is Cc1c(C(=O)Nc2ccc(F)c(F)c2)[nH]c2ccc(Cl)cc12. The number of anilines is 1. The fourth-order valence-electron chi connectivity index (χ4n) is 2.29. The van der Waals surface area contributed by atoms with Crippen LogP contribution in [0.5, 0.6) is 0 Å². The largest absolute Gasteiger partial charge is 0.350 e. The predicted octanol–water partition coefficient (Wildman–Crippen LogP) is 4.66. The first-order valence-electron chi connectivity index (χ1n) is 6.50. The number of hydrogen-bond donors (Lipinski definition) is 2. The van der Waals surface area contributed by atoms with Gasteiger partial charge in [-0.25, -0.2) is 8.78 Å². The molecule has 6 heteroatoms. The molecule has 0 radical (unpaired) electrons. The molecule has 0 aliphatic heterocycles. The molecule has 3 nitrogen and oxygen atoms in total. The first-order valence-corrected chi connectivity index (χ1v) is 6.88. The van der Waals surface area contributed by atoms with Crippen LogP contribution in [0.4, 0.5) is 14.5 Å². The number of fused-ring (bicyclic) bond motifs is 1. The summed E-state index contributed by atoms with van der Waals surface area (Å²) in [5.74, 6) is -2.41. The summed E-state index contributed by atoms with van der Waals surface area (Å²) >= 11 is 5.95. The van der Waals surface area contributed by atoms with Gasteiger partial charge in [0.15, 0.2) is 11.6 Å². The molecule has 1 amide bonds. The highest BCUT2D eigenvalue weighted by Crippen LogP contribution is 2.25. The molecule has 0 saturated heterocycles. The monoisotopic (exact) mass is 320 g/mol. The number of carbonyl (C=O) groups is 1. The molecule has 0 spiro atoms. The van der Waals surface area contributed by atoms with Gasteiger partial charge < -0.3 is 10.3 Å². The van der Waals surface area contributed by atoms with Crippen molar-refractivity contribution in [1.82, 2.24) is 4.98 Å². The molecular weight excluding hydrogens is 310 g/mol. The lowest BCUT2D eigenvalue weighted by Gasteiger charge is -2.05. The van der Waals surface area contributed by atoms with Crippen LogP contribution in [0, 0.1) is 18.6 Å². The van der Waals surface area contributed by atoms with E-state index in [0.29, 0.717) is 10.7 Å². The van der Waals surface area contributed by atoms with Crippen LogP contribution in [0.25, 0.3) is 10.9 Å². The van der Waals surface area contributed by atoms with E-state index in [-0.39, 0.29) is 5.69 Å². The van der Waals surface area contributed by atoms with Crippen molar-refractivity contribution in [1.29, 1.82) is 0 Å². The fraction of sp³-hybridized carbons (Fsp3) is 0.0625. The molecule has 0 unspecified atom stereocenters. The van der Waals surface area contributed by atoms with E-state index in [4.69, 9.17) is 11.6 Å². The van der Waals surface area contributed by atoms with Crippen molar-refractivity contribution in [3.63, 3.8) is 0 Å². The van der Waals surface area contributed by atoms with Gasteiger partial charge in [-0.3, -0.25) is 4.79 Å². The second-order valence-electron chi connectivity index (χ2n) is 4.90. The highest BCUT2D eigenvalue weighted by Gasteiger charge is 2.15. The Bertz CT molecular complexity index is 889. The zero-order valence-corrected chi connectivity index (χ0v) is 12.3. The molecule has 112 valence electrons. The van der Waals surface area contributed by atoms with Gasteiger partial charge in [-0.05, 0) is 42.8 Å². The second-order valence-corrected chi connectivity index (χ2v) is 5.33. The molecule has 0 aliphatic rings. The smallest absolute Gasteiger partial charge is 0.272 e. The highest BCUT2D eigenvalue weighted by atomic mass is 35.5. The molecule has 0 fully saturated rings. The van der Waals surface area contributed by atoms with Gasteiger partial charge in [0, 0.05) is 27.7 Å². The van der Waals surface area contributed by atoms with Crippen molar-refractivity contribution in [2.75, 3.05) is 5.32 Å². The van der Waals surface area contributed by atoms with Crippen LogP contribution >= 0.6 is 11.6 Å². The Hall–Kier alpha value is -2.40. The Morgan fingerprint density at radius 2 is 1.91 bits per heavy atom. The van der Waals surface area contributed by atoms with E-state index in [1.54, 1.807) is 25.1 Å². The Kier molecular flexibility index (Phi) is 3.58. The van der Waals surface area contributed by atoms with E-state index in [2.05, 4.69) is 10.3 Å². The van der Waals surface area contributed by atoms with Crippen molar-refractivity contribution in [2.24, 2.45) is 0 Å². The molecule has 1 heterocycles. The lowest BCUT2D eigenvalue weighted by Crippen LogP contribution is -2.13. The van der Waals surface area contributed by atoms with E-state index in [0.717, 1.165) is 28.6 Å². The van der Waals surface area contributed by atoms with E-state index in [1.165, 1.54) is 6.07 Å². The summed E-state index contributed by atoms with van der Waals surface area (Å²) in [5.41, 5.74) is 2.04. The van der Waals surface area contributed by atoms with Crippen molar-refractivity contribution in [3.05, 3.63) is 64.3 Å². The Balaban J connectivity index is 1.95. The summed E-state index contributed by atoms with van der Waals surface area (Å²) in [6.45, 7) is 1.79. The Morgan fingerprint density at radius 3 is 2.64 bits per heavy atom. The summed E-state index contributed by atoms with van der Waals surface area (Å²) in [5, 5.41) is 3.94. The summed E-state index contributed by atoms with van der Waals surface area (Å²) < 4.78 is 26.1. The number of aromatic amines is 1. The highest BCUT2D eigenvalue weighted by molar-refractivity contribution is 6.31. The van der Waals surface area contributed by atoms with Crippen molar-refractivity contribution in [3.8, 4) is 0 Å². The van der Waals surface area contributed by atoms with Crippen LogP contribution in [-0.4, -0.2) is 10.9 Å². The van der Waals surface area contributed by atoms with E-state index >= 15 is 0 Å². The van der Waals surface area contributed by atoms with E-state index < -0.39 is 17.5 Å². The molecule has 2 N–H and O–H groups in total. The van der Waals surface area contributed by atoms with Crippen molar-refractivity contribution < 1.29 is 13.6 Å². The number of rotatable bonds is 2. The van der Waals surface area contributed by atoms with Crippen LogP contribution in [0.15, 0.2) is 36.4 Å². The summed E-state index contributed by atoms with van der Waals surface area (Å²) in [6, 6.07) is 8.45. The predicted molar refractivity (Wildman–Crippen MR) is 82.4 cm³/mol. The Labute approximate surface area is 129 Å². The molecule has 22 heavy (non-hydrogen) atoms. The first kappa shape index (κ1) is 14.5. The molecule has 0 aliphatic carbocycles. The average molecular weight is 321 g/mol. The number of aryl methyl sites for hydroxylation is 1. The standard InChI is InChI=1S/C16H11ClF2N2O/c1-8-11-6-9(17)2-5-14(11)21-15(8)16(22)20-10-3-4-12(18)13(19)7-10/h2-7,21H,1H3,(H,20,22). The van der Waals surface area contributed by atoms with Gasteiger partial charge in [-0.15, -0.1) is 0 Å². The zero-order valence-electron chi connectivity index (χ0n) is 11.5. The number of H-pyrrole nitrogens is 1. The third kappa shape index (κ3) is 2.55. The number of hydrogen-bond acceptors (Lipinski definition) is 1. The maximum atomic E-state index is 13.2. The number of carbonyl (C=O) groups excluding carboxylic acids is 1. The topological polar surface area (TPSA) is 44.9 Å². The molecule has 1 aromatic heterocycles. The maximum absolute atomic E-state index is 13.2. The number of amides is 1. The maximum Gasteiger partial charge on any atom is 0.272 e. The second kappa shape index (κ2) is 5.42. The number of halogens is 3. The van der Waals surface area contributed by atoms with Gasteiger partial charge in [-0.1, -0.05) is 11.6 Å². The molecule has 0 saturated carbocycles. The number of nitrogens with one attached hydrogen (secondary N) is 2. The third-order valence-corrected chi connectivity index (χ3v) is 3.66. The van der Waals surface area contributed by atoms with Gasteiger partial charge in [0.1, 0.15) is 5.69 Å². The minimum atomic E-state index is -1.02. The average Bonchev–Trinajstić information content (AvgIpc) is 2.80. The quantitative estimate of drug-likeness (QED) is 0.708. The minimum Gasteiger partial charge on any atom is -0.350 e. The number of benzene rings is 2. The Morgan fingerprint density at radius 1 is 1.14 bits per heavy atom. The molecule has 2 aromatic carbocycles. The molecule has 0 bridgehead atoms. The summed E-state index contributed by atoms with van der Waals surface area (Å²) in [7, 11) is 0. The zero-order chi connectivity index (χ0) is 15.9. The first-order chi connectivity index (χ1) is 10.5. The van der Waals surface area contributed by atoms with Gasteiger partial charge >= 0.3 is 0 Å². The van der Waals surface area contributed by atoms with E-state index in [9.17, 15) is 13.6 Å². The van der Waals surface area contributed by atoms with Crippen LogP contribution in [0.2, 0.25) is 5.02 Å². The van der Waals surface area contributed by atoms with Crippen molar-refractivity contribution >= 4 is 34.1 Å². The van der Waals surface area contributed by atoms with Crippen LogP contribution in [0.1, 0.15) is 16.1 Å². The summed E-state index contributed by atoms with van der Waals surface area (Å²) in [4.78, 5) is 15.3. The fourth-order valence-corrected chi connectivity index (χ4v) is 2.47. The lowest BCUT2D eigenvalue weighted by molar-refractivity contribution is 0.102. The molecule has 0 atom stereocenters. The van der Waals surface area contributed by atoms with Gasteiger partial charge in [0.25, 0.3) is 5.91 Å². The lowest BCUT2D eigenvalue weighted by atomic mass is 10.1. The minimum absolute atomic E-state index is 0.181. The van der Waals surface area contributed by atoms with Crippen LogP contribution in [-0.2, 0) is 0 Å². The molecular formula is C16H11ClF2N2O. The van der Waals surface area contributed by atoms with Crippen LogP contribution < -0.4 is 5.32 Å². The van der Waals surface area contributed by atoms with Gasteiger partial charge in [-0.2, -0.15) is 0 Å². The molecule has 3 aromatic rings. The summed E-state index contributed by atoms with van der Waals surface area (Å²) in [6.07, 6.45) is 0. The third-order valence-electron chi connectivity index (χ3n) is 3.42. The van der Waals surface area contributed by atoms with Crippen LogP contribution in [0.3, 0.4) is 0 Å².